The van der Waals surface area contributed by atoms with Gasteiger partial charge in [0.25, 0.3) is 11.8 Å². The van der Waals surface area contributed by atoms with Crippen LogP contribution in [0.1, 0.15) is 79.7 Å². The molecule has 3 aromatic rings. The standard InChI is InChI=1S/C35H39F3N8O7S/c1-19-15-26(44-43-19)29(47)40-25-12-6-4-2-3-5-9-20-17-34(20,33(50)45-54(51,52)22-13-14-22)42-30(48)27-16-21(18-46(27)32(25)49)53-31-28(35(36,37)38)39-23-10-7-8-11-24(23)41-31/h5,7-11,15,20-22,25,27H,2-4,6,12-14,16-18H2,1H3,(H,40,47)(H,42,48)(H,43,44)(H,45,50). The number of hydrogen-bond acceptors (Lipinski definition) is 10. The molecule has 54 heavy (non-hydrogen) atoms. The number of nitrogens with zero attached hydrogens (tertiary/aromatic N) is 4. The monoisotopic (exact) mass is 772 g/mol. The van der Waals surface area contributed by atoms with E-state index in [1.807, 2.05) is 6.08 Å². The zero-order valence-electron chi connectivity index (χ0n) is 29.2. The number of aromatic amines is 1. The van der Waals surface area contributed by atoms with E-state index in [4.69, 9.17) is 4.74 Å². The largest absolute Gasteiger partial charge is 0.471 e. The number of alkyl halides is 3. The second-order valence-electron chi connectivity index (χ2n) is 14.3. The number of ether oxygens (including phenoxy) is 1. The number of hydrogen-bond donors (Lipinski definition) is 4. The van der Waals surface area contributed by atoms with Gasteiger partial charge >= 0.3 is 6.18 Å². The summed E-state index contributed by atoms with van der Waals surface area (Å²) in [5.41, 5.74) is -2.30. The molecule has 4 aliphatic rings. The molecule has 288 valence electrons. The second-order valence-corrected chi connectivity index (χ2v) is 16.3. The summed E-state index contributed by atoms with van der Waals surface area (Å²) in [5, 5.41) is 11.4. The van der Waals surface area contributed by atoms with E-state index in [2.05, 4.69) is 35.5 Å². The number of sulfonamides is 1. The molecule has 0 spiro atoms. The van der Waals surface area contributed by atoms with Gasteiger partial charge in [0, 0.05) is 18.0 Å². The number of aromatic nitrogens is 4. The number of halogens is 3. The van der Waals surface area contributed by atoms with Crippen LogP contribution in [0.2, 0.25) is 0 Å². The van der Waals surface area contributed by atoms with Crippen molar-refractivity contribution in [1.29, 1.82) is 0 Å². The molecule has 19 heteroatoms. The summed E-state index contributed by atoms with van der Waals surface area (Å²) in [6, 6.07) is 4.87. The first-order valence-corrected chi connectivity index (χ1v) is 19.4. The molecular formula is C35H39F3N8O7S. The van der Waals surface area contributed by atoms with Crippen molar-refractivity contribution in [2.24, 2.45) is 5.92 Å². The number of aryl methyl sites for hydroxylation is 1. The highest BCUT2D eigenvalue weighted by Crippen LogP contribution is 2.46. The molecule has 2 aromatic heterocycles. The van der Waals surface area contributed by atoms with Gasteiger partial charge in [0.15, 0.2) is 0 Å². The maximum atomic E-state index is 14.4. The van der Waals surface area contributed by atoms with Gasteiger partial charge in [0.05, 0.1) is 22.8 Å². The Kier molecular flexibility index (Phi) is 9.86. The Labute approximate surface area is 307 Å². The summed E-state index contributed by atoms with van der Waals surface area (Å²) < 4.78 is 76.3. The number of nitrogens with one attached hydrogen (secondary N) is 4. The van der Waals surface area contributed by atoms with Crippen LogP contribution < -0.4 is 20.1 Å². The Bertz CT molecular complexity index is 2120. The molecule has 2 aliphatic carbocycles. The smallest absolute Gasteiger partial charge is 0.438 e. The number of H-pyrrole nitrogens is 1. The van der Waals surface area contributed by atoms with Crippen LogP contribution in [0.25, 0.3) is 11.0 Å². The normalized spacial score (nSPS) is 26.6. The SMILES string of the molecule is Cc1cc(C(=O)NC2CCCCCC=CC3CC3(C(=O)NS(=O)(=O)C3CC3)NC(=O)C3CC(Oc4nc5ccccc5nc4C(F)(F)F)CN3C2=O)n[nH]1. The van der Waals surface area contributed by atoms with Crippen molar-refractivity contribution in [3.63, 3.8) is 0 Å². The fourth-order valence-electron chi connectivity index (χ4n) is 7.02. The lowest BCUT2D eigenvalue weighted by Crippen LogP contribution is -2.58. The number of carbonyl (C=O) groups is 4. The van der Waals surface area contributed by atoms with E-state index >= 15 is 0 Å². The van der Waals surface area contributed by atoms with E-state index in [0.29, 0.717) is 44.2 Å². The number of rotatable bonds is 7. The molecule has 2 aliphatic heterocycles. The van der Waals surface area contributed by atoms with Crippen molar-refractivity contribution < 1.29 is 45.5 Å². The molecule has 0 bridgehead atoms. The number of benzene rings is 1. The number of amides is 4. The van der Waals surface area contributed by atoms with Gasteiger partial charge in [-0.15, -0.1) is 0 Å². The first kappa shape index (κ1) is 37.3. The van der Waals surface area contributed by atoms with E-state index in [0.717, 1.165) is 4.90 Å². The van der Waals surface area contributed by atoms with E-state index in [9.17, 15) is 40.8 Å². The highest BCUT2D eigenvalue weighted by atomic mass is 32.2. The van der Waals surface area contributed by atoms with Crippen LogP contribution in [0.4, 0.5) is 13.2 Å². The van der Waals surface area contributed by atoms with Gasteiger partial charge in [-0.2, -0.15) is 18.3 Å². The van der Waals surface area contributed by atoms with Gasteiger partial charge in [-0.05, 0) is 63.6 Å². The molecule has 0 radical (unpaired) electrons. The molecule has 2 saturated carbocycles. The number of carbonyl (C=O) groups excluding carboxylic acids is 4. The van der Waals surface area contributed by atoms with Gasteiger partial charge in [-0.3, -0.25) is 29.0 Å². The van der Waals surface area contributed by atoms with Crippen molar-refractivity contribution in [2.45, 2.75) is 99.9 Å². The van der Waals surface area contributed by atoms with Gasteiger partial charge in [-0.25, -0.2) is 18.4 Å². The highest BCUT2D eigenvalue weighted by molar-refractivity contribution is 7.91. The predicted molar refractivity (Wildman–Crippen MR) is 185 cm³/mol. The first-order valence-electron chi connectivity index (χ1n) is 17.8. The minimum atomic E-state index is -4.96. The molecule has 1 aromatic carbocycles. The average Bonchev–Trinajstić information content (AvgIpc) is 4.01. The summed E-state index contributed by atoms with van der Waals surface area (Å²) in [6.45, 7) is 1.32. The summed E-state index contributed by atoms with van der Waals surface area (Å²) in [6.07, 6.45) is 0.695. The Hall–Kier alpha value is -5.07. The summed E-state index contributed by atoms with van der Waals surface area (Å²) in [5.74, 6) is -4.49. The maximum absolute atomic E-state index is 14.4. The predicted octanol–water partition coefficient (Wildman–Crippen LogP) is 2.83. The van der Waals surface area contributed by atoms with Crippen molar-refractivity contribution in [3.8, 4) is 5.88 Å². The summed E-state index contributed by atoms with van der Waals surface area (Å²) in [4.78, 5) is 64.5. The van der Waals surface area contributed by atoms with Crippen molar-refractivity contribution >= 4 is 44.7 Å². The third kappa shape index (κ3) is 7.76. The summed E-state index contributed by atoms with van der Waals surface area (Å²) in [7, 11) is -3.98. The van der Waals surface area contributed by atoms with Crippen LogP contribution in [0.5, 0.6) is 5.88 Å². The van der Waals surface area contributed by atoms with Gasteiger partial charge in [-0.1, -0.05) is 37.1 Å². The average molecular weight is 773 g/mol. The van der Waals surface area contributed by atoms with Crippen LogP contribution in [0.15, 0.2) is 42.5 Å². The molecule has 15 nitrogen and oxygen atoms in total. The Balaban J connectivity index is 1.22. The fourth-order valence-corrected chi connectivity index (χ4v) is 8.39. The topological polar surface area (TPSA) is 205 Å². The maximum Gasteiger partial charge on any atom is 0.438 e. The van der Waals surface area contributed by atoms with Gasteiger partial charge < -0.3 is 20.3 Å². The van der Waals surface area contributed by atoms with E-state index < -0.39 is 86.3 Å². The molecule has 5 atom stereocenters. The highest BCUT2D eigenvalue weighted by Gasteiger charge is 2.62. The number of fused-ring (bicyclic) bond motifs is 3. The lowest BCUT2D eigenvalue weighted by Gasteiger charge is -2.29. The zero-order chi connectivity index (χ0) is 38.4. The van der Waals surface area contributed by atoms with Crippen molar-refractivity contribution in [2.75, 3.05) is 6.54 Å². The molecule has 1 saturated heterocycles. The van der Waals surface area contributed by atoms with Crippen LogP contribution in [-0.2, 0) is 30.6 Å². The van der Waals surface area contributed by atoms with E-state index in [1.54, 1.807) is 19.1 Å². The van der Waals surface area contributed by atoms with E-state index in [1.165, 1.54) is 24.3 Å². The zero-order valence-corrected chi connectivity index (χ0v) is 30.0. The van der Waals surface area contributed by atoms with Crippen molar-refractivity contribution in [1.82, 2.24) is 40.4 Å². The number of allylic oxidation sites excluding steroid dienone is 1. The minimum absolute atomic E-state index is 0.0168. The van der Waals surface area contributed by atoms with Crippen LogP contribution >= 0.6 is 0 Å². The Morgan fingerprint density at radius 3 is 2.48 bits per heavy atom. The Morgan fingerprint density at radius 2 is 1.80 bits per heavy atom. The molecule has 4 amide bonds. The molecular weight excluding hydrogens is 733 g/mol. The van der Waals surface area contributed by atoms with Crippen LogP contribution in [-0.4, -0.2) is 92.6 Å². The van der Waals surface area contributed by atoms with Gasteiger partial charge in [0.1, 0.15) is 29.4 Å². The Morgan fingerprint density at radius 1 is 1.06 bits per heavy atom. The lowest BCUT2D eigenvalue weighted by molar-refractivity contribution is -0.143. The van der Waals surface area contributed by atoms with Gasteiger partial charge in [0.2, 0.25) is 33.4 Å². The minimum Gasteiger partial charge on any atom is -0.471 e. The quantitative estimate of drug-likeness (QED) is 0.259. The van der Waals surface area contributed by atoms with Crippen LogP contribution in [0, 0.1) is 12.8 Å². The third-order valence-electron chi connectivity index (χ3n) is 10.2. The number of para-hydroxylation sites is 2. The molecule has 7 rings (SSSR count). The molecule has 3 fully saturated rings. The fraction of sp³-hybridized carbons (Fsp3) is 0.514. The third-order valence-corrected chi connectivity index (χ3v) is 12.0. The van der Waals surface area contributed by atoms with E-state index in [-0.39, 0.29) is 42.5 Å². The van der Waals surface area contributed by atoms with Crippen molar-refractivity contribution in [3.05, 3.63) is 59.6 Å². The second kappa shape index (κ2) is 14.3. The molecule has 4 heterocycles. The van der Waals surface area contributed by atoms with Crippen LogP contribution in [0.3, 0.4) is 0 Å². The first-order chi connectivity index (χ1) is 25.6. The summed E-state index contributed by atoms with van der Waals surface area (Å²) >= 11 is 0. The molecule has 4 N–H and O–H groups in total. The molecule has 5 unspecified atom stereocenters. The lowest BCUT2D eigenvalue weighted by atomic mass is 10.0.